The molecule has 0 aliphatic carbocycles. The third-order valence-corrected chi connectivity index (χ3v) is 4.99. The number of carbonyl (C=O) groups excluding carboxylic acids is 2. The average Bonchev–Trinajstić information content (AvgIpc) is 3.27. The van der Waals surface area contributed by atoms with E-state index in [9.17, 15) is 9.59 Å². The molecule has 1 unspecified atom stereocenters. The van der Waals surface area contributed by atoms with Crippen LogP contribution in [0.5, 0.6) is 0 Å². The summed E-state index contributed by atoms with van der Waals surface area (Å²) in [6, 6.07) is 15.2. The van der Waals surface area contributed by atoms with Crippen molar-refractivity contribution in [2.24, 2.45) is 0 Å². The first-order chi connectivity index (χ1) is 13.9. The van der Waals surface area contributed by atoms with Gasteiger partial charge in [-0.05, 0) is 62.9 Å². The van der Waals surface area contributed by atoms with Crippen molar-refractivity contribution in [2.45, 2.75) is 26.3 Å². The Hall–Kier alpha value is -3.32. The van der Waals surface area contributed by atoms with Gasteiger partial charge in [0.15, 0.2) is 5.78 Å². The van der Waals surface area contributed by atoms with Crippen molar-refractivity contribution in [3.05, 3.63) is 72.3 Å². The highest BCUT2D eigenvalue weighted by Gasteiger charge is 2.13. The number of hydrogen-bond donors (Lipinski definition) is 1. The Balaban J connectivity index is 1.50. The second-order valence-electron chi connectivity index (χ2n) is 7.02. The van der Waals surface area contributed by atoms with Crippen LogP contribution in [0.4, 0.5) is 5.69 Å². The van der Waals surface area contributed by atoms with E-state index >= 15 is 0 Å². The quantitative estimate of drug-likeness (QED) is 0.595. The molecule has 0 radical (unpaired) electrons. The first kappa shape index (κ1) is 20.4. The Morgan fingerprint density at radius 3 is 2.38 bits per heavy atom. The molecule has 0 bridgehead atoms. The van der Waals surface area contributed by atoms with Gasteiger partial charge in [-0.2, -0.15) is 5.10 Å². The number of nitrogens with one attached hydrogen (secondary N) is 1. The normalized spacial score (nSPS) is 12.0. The van der Waals surface area contributed by atoms with Crippen molar-refractivity contribution in [1.82, 2.24) is 19.7 Å². The maximum atomic E-state index is 12.3. The molecule has 0 aliphatic rings. The van der Waals surface area contributed by atoms with Crippen LogP contribution in [0.15, 0.2) is 61.2 Å². The number of benzene rings is 2. The van der Waals surface area contributed by atoms with Crippen molar-refractivity contribution in [3.63, 3.8) is 0 Å². The van der Waals surface area contributed by atoms with Crippen molar-refractivity contribution < 1.29 is 9.59 Å². The average molecular weight is 391 g/mol. The van der Waals surface area contributed by atoms with E-state index in [2.05, 4.69) is 39.4 Å². The summed E-state index contributed by atoms with van der Waals surface area (Å²) in [6.45, 7) is 4.26. The minimum absolute atomic E-state index is 0.00723. The fraction of sp³-hybridized carbons (Fsp3) is 0.273. The van der Waals surface area contributed by atoms with Crippen LogP contribution >= 0.6 is 0 Å². The Morgan fingerprint density at radius 2 is 1.79 bits per heavy atom. The molecule has 0 saturated carbocycles. The van der Waals surface area contributed by atoms with Gasteiger partial charge in [-0.15, -0.1) is 0 Å². The Bertz CT molecular complexity index is 950. The zero-order chi connectivity index (χ0) is 20.8. The van der Waals surface area contributed by atoms with Crippen LogP contribution in [0.25, 0.3) is 5.69 Å². The molecule has 3 rings (SSSR count). The summed E-state index contributed by atoms with van der Waals surface area (Å²) in [6.07, 6.45) is 3.55. The number of hydrogen-bond acceptors (Lipinski definition) is 5. The van der Waals surface area contributed by atoms with Gasteiger partial charge in [0.25, 0.3) is 0 Å². The number of carbonyl (C=O) groups is 2. The molecule has 0 fully saturated rings. The van der Waals surface area contributed by atoms with E-state index in [0.717, 1.165) is 11.3 Å². The van der Waals surface area contributed by atoms with E-state index in [1.54, 1.807) is 35.3 Å². The summed E-state index contributed by atoms with van der Waals surface area (Å²) in [7, 11) is 2.00. The summed E-state index contributed by atoms with van der Waals surface area (Å²) < 4.78 is 1.71. The van der Waals surface area contributed by atoms with E-state index in [4.69, 9.17) is 0 Å². The second-order valence-corrected chi connectivity index (χ2v) is 7.02. The predicted octanol–water partition coefficient (Wildman–Crippen LogP) is 3.49. The lowest BCUT2D eigenvalue weighted by atomic mass is 10.1. The molecule has 3 aromatic rings. The summed E-state index contributed by atoms with van der Waals surface area (Å²) in [5.74, 6) is -0.0473. The van der Waals surface area contributed by atoms with Gasteiger partial charge in [0.1, 0.15) is 12.7 Å². The molecule has 1 amide bonds. The molecule has 2 aromatic carbocycles. The number of nitrogens with zero attached hydrogens (tertiary/aromatic N) is 4. The van der Waals surface area contributed by atoms with Crippen LogP contribution in [-0.2, 0) is 4.79 Å². The van der Waals surface area contributed by atoms with E-state index in [0.29, 0.717) is 24.2 Å². The van der Waals surface area contributed by atoms with Gasteiger partial charge in [-0.1, -0.05) is 12.1 Å². The molecule has 1 N–H and O–H groups in total. The molecule has 0 saturated heterocycles. The minimum Gasteiger partial charge on any atom is -0.326 e. The summed E-state index contributed by atoms with van der Waals surface area (Å²) in [5.41, 5.74) is 3.44. The van der Waals surface area contributed by atoms with Gasteiger partial charge >= 0.3 is 0 Å². The highest BCUT2D eigenvalue weighted by Crippen LogP contribution is 2.20. The number of ketones is 1. The first-order valence-corrected chi connectivity index (χ1v) is 9.50. The number of anilines is 1. The molecule has 1 heterocycles. The maximum absolute atomic E-state index is 12.3. The zero-order valence-electron chi connectivity index (χ0n) is 16.9. The molecule has 7 nitrogen and oxygen atoms in total. The van der Waals surface area contributed by atoms with E-state index in [1.807, 2.05) is 19.2 Å². The number of aromatic nitrogens is 3. The molecule has 7 heteroatoms. The fourth-order valence-corrected chi connectivity index (χ4v) is 2.98. The summed E-state index contributed by atoms with van der Waals surface area (Å²) in [4.78, 5) is 29.7. The smallest absolute Gasteiger partial charge is 0.225 e. The Kier molecular flexibility index (Phi) is 6.51. The Labute approximate surface area is 170 Å². The first-order valence-electron chi connectivity index (χ1n) is 9.50. The lowest BCUT2D eigenvalue weighted by molar-refractivity contribution is -0.116. The van der Waals surface area contributed by atoms with E-state index in [-0.39, 0.29) is 17.7 Å². The van der Waals surface area contributed by atoms with Gasteiger partial charge in [0, 0.05) is 30.3 Å². The van der Waals surface area contributed by atoms with Crippen LogP contribution in [0, 0.1) is 0 Å². The Morgan fingerprint density at radius 1 is 1.10 bits per heavy atom. The highest BCUT2D eigenvalue weighted by atomic mass is 16.1. The molecular formula is C22H25N5O2. The summed E-state index contributed by atoms with van der Waals surface area (Å²) >= 11 is 0. The van der Waals surface area contributed by atoms with Gasteiger partial charge < -0.3 is 5.32 Å². The van der Waals surface area contributed by atoms with Gasteiger partial charge in [0.2, 0.25) is 5.91 Å². The predicted molar refractivity (Wildman–Crippen MR) is 112 cm³/mol. The SMILES string of the molecule is CC(=O)c1ccc(NC(=O)CCN(C)C(C)c2ccc(-n3cncn3)cc2)cc1. The highest BCUT2D eigenvalue weighted by molar-refractivity contribution is 5.95. The third kappa shape index (κ3) is 5.36. The molecule has 1 atom stereocenters. The number of Topliss-reactive ketones (excluding diaryl/α,β-unsaturated/α-hetero) is 1. The molecular weight excluding hydrogens is 366 g/mol. The molecule has 1 aromatic heterocycles. The van der Waals surface area contributed by atoms with Crippen molar-refractivity contribution >= 4 is 17.4 Å². The topological polar surface area (TPSA) is 80.1 Å². The van der Waals surface area contributed by atoms with Crippen molar-refractivity contribution in [3.8, 4) is 5.69 Å². The second kappa shape index (κ2) is 9.25. The van der Waals surface area contributed by atoms with Crippen molar-refractivity contribution in [1.29, 1.82) is 0 Å². The van der Waals surface area contributed by atoms with Gasteiger partial charge in [-0.3, -0.25) is 14.5 Å². The minimum atomic E-state index is -0.0545. The summed E-state index contributed by atoms with van der Waals surface area (Å²) in [5, 5.41) is 7.00. The van der Waals surface area contributed by atoms with Crippen LogP contribution < -0.4 is 5.32 Å². The third-order valence-electron chi connectivity index (χ3n) is 4.99. The largest absolute Gasteiger partial charge is 0.326 e. The fourth-order valence-electron chi connectivity index (χ4n) is 2.98. The molecule has 0 spiro atoms. The van der Waals surface area contributed by atoms with Crippen molar-refractivity contribution in [2.75, 3.05) is 18.9 Å². The molecule has 150 valence electrons. The standard InChI is InChI=1S/C22H25N5O2/c1-16(18-6-10-21(11-7-18)27-15-23-14-24-27)26(3)13-12-22(29)25-20-8-4-19(5-9-20)17(2)28/h4-11,14-16H,12-13H2,1-3H3,(H,25,29). The van der Waals surface area contributed by atoms with Crippen LogP contribution in [0.2, 0.25) is 0 Å². The number of rotatable bonds is 8. The van der Waals surface area contributed by atoms with Crippen LogP contribution in [-0.4, -0.2) is 44.9 Å². The number of amides is 1. The van der Waals surface area contributed by atoms with Crippen LogP contribution in [0.1, 0.15) is 42.2 Å². The monoisotopic (exact) mass is 391 g/mol. The lowest BCUT2D eigenvalue weighted by Gasteiger charge is -2.25. The zero-order valence-corrected chi connectivity index (χ0v) is 16.9. The molecule has 0 aliphatic heterocycles. The van der Waals surface area contributed by atoms with Gasteiger partial charge in [0.05, 0.1) is 5.69 Å². The van der Waals surface area contributed by atoms with E-state index < -0.39 is 0 Å². The lowest BCUT2D eigenvalue weighted by Crippen LogP contribution is -2.27. The van der Waals surface area contributed by atoms with Gasteiger partial charge in [-0.25, -0.2) is 9.67 Å². The maximum Gasteiger partial charge on any atom is 0.225 e. The molecule has 29 heavy (non-hydrogen) atoms. The van der Waals surface area contributed by atoms with Crippen LogP contribution in [0.3, 0.4) is 0 Å². The van der Waals surface area contributed by atoms with E-state index in [1.165, 1.54) is 13.3 Å².